The quantitative estimate of drug-likeness (QED) is 0.836. The third kappa shape index (κ3) is 3.87. The van der Waals surface area contributed by atoms with E-state index in [1.807, 2.05) is 25.1 Å². The van der Waals surface area contributed by atoms with Gasteiger partial charge in [0.25, 0.3) is 0 Å². The average Bonchev–Trinajstić information content (AvgIpc) is 3.21. The SMILES string of the molecule is Cc1cccc([C@@H](NC(=O)CCCn2cnnn2)C2CC2)n1. The van der Waals surface area contributed by atoms with Gasteiger partial charge in [-0.05, 0) is 54.7 Å². The highest BCUT2D eigenvalue weighted by atomic mass is 16.1. The van der Waals surface area contributed by atoms with Crippen LogP contribution in [0, 0.1) is 12.8 Å². The molecule has 0 bridgehead atoms. The highest BCUT2D eigenvalue weighted by molar-refractivity contribution is 5.76. The maximum absolute atomic E-state index is 12.2. The third-order valence-electron chi connectivity index (χ3n) is 3.82. The number of hydrogen-bond donors (Lipinski definition) is 1. The Balaban J connectivity index is 1.53. The minimum Gasteiger partial charge on any atom is -0.347 e. The Hall–Kier alpha value is -2.31. The Morgan fingerprint density at radius 3 is 3.00 bits per heavy atom. The highest BCUT2D eigenvalue weighted by Crippen LogP contribution is 2.40. The molecule has 1 fully saturated rings. The van der Waals surface area contributed by atoms with Gasteiger partial charge in [-0.3, -0.25) is 9.78 Å². The van der Waals surface area contributed by atoms with E-state index in [1.54, 1.807) is 11.0 Å². The molecule has 7 heteroatoms. The average molecular weight is 300 g/mol. The van der Waals surface area contributed by atoms with Crippen molar-refractivity contribution < 1.29 is 4.79 Å². The lowest BCUT2D eigenvalue weighted by Crippen LogP contribution is -2.30. The molecule has 2 aromatic rings. The molecule has 0 unspecified atom stereocenters. The van der Waals surface area contributed by atoms with Crippen molar-refractivity contribution in [1.29, 1.82) is 0 Å². The number of nitrogens with zero attached hydrogens (tertiary/aromatic N) is 5. The molecule has 7 nitrogen and oxygen atoms in total. The largest absolute Gasteiger partial charge is 0.347 e. The van der Waals surface area contributed by atoms with Crippen molar-refractivity contribution in [2.24, 2.45) is 5.92 Å². The number of carbonyl (C=O) groups is 1. The van der Waals surface area contributed by atoms with Crippen LogP contribution in [0.3, 0.4) is 0 Å². The van der Waals surface area contributed by atoms with Gasteiger partial charge >= 0.3 is 0 Å². The van der Waals surface area contributed by atoms with E-state index >= 15 is 0 Å². The summed E-state index contributed by atoms with van der Waals surface area (Å²) < 4.78 is 1.63. The Labute approximate surface area is 129 Å². The lowest BCUT2D eigenvalue weighted by molar-refractivity contribution is -0.122. The normalized spacial score (nSPS) is 15.5. The van der Waals surface area contributed by atoms with E-state index in [-0.39, 0.29) is 11.9 Å². The molecular formula is C15H20N6O. The van der Waals surface area contributed by atoms with Gasteiger partial charge in [-0.25, -0.2) is 4.68 Å². The number of amides is 1. The van der Waals surface area contributed by atoms with Crippen molar-refractivity contribution in [3.05, 3.63) is 35.9 Å². The van der Waals surface area contributed by atoms with Crippen LogP contribution in [-0.2, 0) is 11.3 Å². The van der Waals surface area contributed by atoms with E-state index in [1.165, 1.54) is 0 Å². The van der Waals surface area contributed by atoms with Crippen LogP contribution >= 0.6 is 0 Å². The first-order valence-corrected chi connectivity index (χ1v) is 7.66. The molecule has 1 aliphatic rings. The van der Waals surface area contributed by atoms with Crippen LogP contribution < -0.4 is 5.32 Å². The van der Waals surface area contributed by atoms with Crippen LogP contribution in [0.5, 0.6) is 0 Å². The predicted molar refractivity (Wildman–Crippen MR) is 79.6 cm³/mol. The Morgan fingerprint density at radius 1 is 1.45 bits per heavy atom. The summed E-state index contributed by atoms with van der Waals surface area (Å²) in [5, 5.41) is 14.1. The van der Waals surface area contributed by atoms with Crippen molar-refractivity contribution in [1.82, 2.24) is 30.5 Å². The van der Waals surface area contributed by atoms with Gasteiger partial charge in [-0.1, -0.05) is 6.07 Å². The number of nitrogens with one attached hydrogen (secondary N) is 1. The second-order valence-corrected chi connectivity index (χ2v) is 5.76. The minimum atomic E-state index is 0.0421. The molecule has 1 atom stereocenters. The fraction of sp³-hybridized carbons (Fsp3) is 0.533. The number of carbonyl (C=O) groups excluding carboxylic acids is 1. The lowest BCUT2D eigenvalue weighted by atomic mass is 10.1. The van der Waals surface area contributed by atoms with E-state index in [0.717, 1.165) is 30.7 Å². The fourth-order valence-corrected chi connectivity index (χ4v) is 2.53. The van der Waals surface area contributed by atoms with Crippen molar-refractivity contribution in [3.63, 3.8) is 0 Å². The maximum atomic E-state index is 12.2. The topological polar surface area (TPSA) is 85.6 Å². The van der Waals surface area contributed by atoms with E-state index in [0.29, 0.717) is 18.9 Å². The van der Waals surface area contributed by atoms with Crippen molar-refractivity contribution >= 4 is 5.91 Å². The van der Waals surface area contributed by atoms with Gasteiger partial charge < -0.3 is 5.32 Å². The minimum absolute atomic E-state index is 0.0421. The van der Waals surface area contributed by atoms with E-state index in [2.05, 4.69) is 25.8 Å². The standard InChI is InChI=1S/C15H20N6O/c1-11-4-2-5-13(17-11)15(12-7-8-12)18-14(22)6-3-9-21-10-16-19-20-21/h2,4-5,10,12,15H,3,6-9H2,1H3,(H,18,22)/t15-/m0/s1. The highest BCUT2D eigenvalue weighted by Gasteiger charge is 2.34. The number of pyridine rings is 1. The molecule has 2 aromatic heterocycles. The van der Waals surface area contributed by atoms with Crippen molar-refractivity contribution in [2.75, 3.05) is 0 Å². The molecule has 2 heterocycles. The smallest absolute Gasteiger partial charge is 0.220 e. The Kier molecular flexibility index (Phi) is 4.41. The Bertz CT molecular complexity index is 623. The molecule has 1 amide bonds. The number of aromatic nitrogens is 5. The Morgan fingerprint density at radius 2 is 2.32 bits per heavy atom. The van der Waals surface area contributed by atoms with Gasteiger partial charge in [-0.2, -0.15) is 0 Å². The summed E-state index contributed by atoms with van der Waals surface area (Å²) >= 11 is 0. The van der Waals surface area contributed by atoms with Gasteiger partial charge in [-0.15, -0.1) is 5.10 Å². The fourth-order valence-electron chi connectivity index (χ4n) is 2.53. The number of aryl methyl sites for hydroxylation is 2. The molecule has 0 saturated heterocycles. The number of rotatable bonds is 7. The monoisotopic (exact) mass is 300 g/mol. The molecule has 1 aliphatic carbocycles. The van der Waals surface area contributed by atoms with Gasteiger partial charge in [0.1, 0.15) is 6.33 Å². The summed E-state index contributed by atoms with van der Waals surface area (Å²) in [5.41, 5.74) is 1.95. The number of hydrogen-bond acceptors (Lipinski definition) is 5. The lowest BCUT2D eigenvalue weighted by Gasteiger charge is -2.18. The summed E-state index contributed by atoms with van der Waals surface area (Å²) in [6.07, 6.45) is 5.06. The summed E-state index contributed by atoms with van der Waals surface area (Å²) in [6, 6.07) is 6.01. The zero-order chi connectivity index (χ0) is 15.4. The molecule has 0 aromatic carbocycles. The van der Waals surface area contributed by atoms with Gasteiger partial charge in [0.2, 0.25) is 5.91 Å². The zero-order valence-electron chi connectivity index (χ0n) is 12.6. The van der Waals surface area contributed by atoms with Crippen LogP contribution in [0.15, 0.2) is 24.5 Å². The van der Waals surface area contributed by atoms with Gasteiger partial charge in [0, 0.05) is 18.7 Å². The second kappa shape index (κ2) is 6.64. The van der Waals surface area contributed by atoms with Crippen LogP contribution in [0.1, 0.15) is 43.1 Å². The molecule has 116 valence electrons. The van der Waals surface area contributed by atoms with E-state index in [4.69, 9.17) is 0 Å². The molecule has 0 aliphatic heterocycles. The van der Waals surface area contributed by atoms with Gasteiger partial charge in [0.05, 0.1) is 11.7 Å². The summed E-state index contributed by atoms with van der Waals surface area (Å²) in [7, 11) is 0. The zero-order valence-corrected chi connectivity index (χ0v) is 12.6. The van der Waals surface area contributed by atoms with Crippen LogP contribution in [0.2, 0.25) is 0 Å². The van der Waals surface area contributed by atoms with Gasteiger partial charge in [0.15, 0.2) is 0 Å². The molecular weight excluding hydrogens is 280 g/mol. The summed E-state index contributed by atoms with van der Waals surface area (Å²) in [4.78, 5) is 16.7. The molecule has 1 saturated carbocycles. The summed E-state index contributed by atoms with van der Waals surface area (Å²) in [5.74, 6) is 0.589. The number of tetrazole rings is 1. The second-order valence-electron chi connectivity index (χ2n) is 5.76. The third-order valence-corrected chi connectivity index (χ3v) is 3.82. The first-order valence-electron chi connectivity index (χ1n) is 7.66. The van der Waals surface area contributed by atoms with Crippen molar-refractivity contribution in [2.45, 2.75) is 45.2 Å². The maximum Gasteiger partial charge on any atom is 0.220 e. The van der Waals surface area contributed by atoms with Crippen LogP contribution in [0.25, 0.3) is 0 Å². The van der Waals surface area contributed by atoms with E-state index < -0.39 is 0 Å². The molecule has 1 N–H and O–H groups in total. The molecule has 0 spiro atoms. The summed E-state index contributed by atoms with van der Waals surface area (Å²) in [6.45, 7) is 2.62. The molecule has 22 heavy (non-hydrogen) atoms. The molecule has 3 rings (SSSR count). The van der Waals surface area contributed by atoms with Crippen LogP contribution in [0.4, 0.5) is 0 Å². The first-order chi connectivity index (χ1) is 10.7. The predicted octanol–water partition coefficient (Wildman–Crippen LogP) is 1.42. The van der Waals surface area contributed by atoms with E-state index in [9.17, 15) is 4.79 Å². The molecule has 0 radical (unpaired) electrons. The van der Waals surface area contributed by atoms with Crippen molar-refractivity contribution in [3.8, 4) is 0 Å². The first kappa shape index (κ1) is 14.6. The van der Waals surface area contributed by atoms with Crippen LogP contribution in [-0.4, -0.2) is 31.1 Å².